The highest BCUT2D eigenvalue weighted by atomic mass is 32.2. The van der Waals surface area contributed by atoms with Crippen LogP contribution in [0.1, 0.15) is 11.1 Å². The van der Waals surface area contributed by atoms with Crippen molar-refractivity contribution in [3.8, 4) is 0 Å². The minimum Gasteiger partial charge on any atom is -0.268 e. The van der Waals surface area contributed by atoms with Crippen molar-refractivity contribution in [1.82, 2.24) is 4.83 Å². The van der Waals surface area contributed by atoms with Gasteiger partial charge in [-0.1, -0.05) is 29.8 Å². The molecular formula is C8H10N2O3S. The molecule has 0 radical (unpaired) electrons. The van der Waals surface area contributed by atoms with Crippen LogP contribution in [0.3, 0.4) is 0 Å². The summed E-state index contributed by atoms with van der Waals surface area (Å²) in [6, 6.07) is 7.30. The van der Waals surface area contributed by atoms with E-state index in [1.165, 1.54) is 6.21 Å². The predicted molar refractivity (Wildman–Crippen MR) is 53.5 cm³/mol. The molecule has 0 bridgehead atoms. The molecule has 14 heavy (non-hydrogen) atoms. The summed E-state index contributed by atoms with van der Waals surface area (Å²) in [6.07, 6.45) is 1.30. The molecule has 0 saturated carbocycles. The molecule has 0 heterocycles. The molecule has 76 valence electrons. The quantitative estimate of drug-likeness (QED) is 0.442. The van der Waals surface area contributed by atoms with Crippen molar-refractivity contribution in [2.45, 2.75) is 6.92 Å². The molecule has 0 aliphatic heterocycles. The van der Waals surface area contributed by atoms with E-state index < -0.39 is 10.3 Å². The van der Waals surface area contributed by atoms with Crippen molar-refractivity contribution in [2.24, 2.45) is 5.10 Å². The third-order valence-corrected chi connectivity index (χ3v) is 1.80. The van der Waals surface area contributed by atoms with Crippen LogP contribution in [0, 0.1) is 6.92 Å². The highest BCUT2D eigenvalue weighted by Gasteiger charge is 1.96. The molecule has 0 aromatic heterocycles. The Balaban J connectivity index is 2.65. The standard InChI is InChI=1S/C8H10N2O3S/c1-7-2-4-8(5-3-7)6-9-10-14(11,12)13/h2-6,10H,1H3,(H,11,12,13). The van der Waals surface area contributed by atoms with Crippen LogP contribution >= 0.6 is 0 Å². The molecule has 0 saturated heterocycles. The number of hydrogen-bond acceptors (Lipinski definition) is 3. The molecule has 0 atom stereocenters. The first-order valence-corrected chi connectivity index (χ1v) is 5.25. The summed E-state index contributed by atoms with van der Waals surface area (Å²) < 4.78 is 28.7. The summed E-state index contributed by atoms with van der Waals surface area (Å²) in [5, 5.41) is 3.33. The zero-order valence-corrected chi connectivity index (χ0v) is 8.32. The highest BCUT2D eigenvalue weighted by Crippen LogP contribution is 1.99. The van der Waals surface area contributed by atoms with Crippen molar-refractivity contribution in [2.75, 3.05) is 0 Å². The smallest absolute Gasteiger partial charge is 0.268 e. The maximum absolute atomic E-state index is 10.2. The van der Waals surface area contributed by atoms with Gasteiger partial charge in [0, 0.05) is 0 Å². The van der Waals surface area contributed by atoms with Gasteiger partial charge in [0.05, 0.1) is 6.21 Å². The summed E-state index contributed by atoms with van der Waals surface area (Å²) in [4.78, 5) is 1.58. The van der Waals surface area contributed by atoms with Gasteiger partial charge in [-0.3, -0.25) is 4.55 Å². The first-order valence-electron chi connectivity index (χ1n) is 3.81. The first kappa shape index (κ1) is 10.7. The van der Waals surface area contributed by atoms with E-state index in [0.29, 0.717) is 0 Å². The van der Waals surface area contributed by atoms with E-state index in [4.69, 9.17) is 4.55 Å². The van der Waals surface area contributed by atoms with Crippen LogP contribution in [0.25, 0.3) is 0 Å². The topological polar surface area (TPSA) is 78.8 Å². The van der Waals surface area contributed by atoms with Gasteiger partial charge in [0.15, 0.2) is 0 Å². The molecule has 5 nitrogen and oxygen atoms in total. The van der Waals surface area contributed by atoms with Crippen molar-refractivity contribution >= 4 is 16.5 Å². The van der Waals surface area contributed by atoms with Crippen molar-refractivity contribution in [3.05, 3.63) is 35.4 Å². The fraction of sp³-hybridized carbons (Fsp3) is 0.125. The van der Waals surface area contributed by atoms with Gasteiger partial charge in [-0.2, -0.15) is 18.4 Å². The van der Waals surface area contributed by atoms with E-state index >= 15 is 0 Å². The Labute approximate surface area is 82.3 Å². The molecule has 0 aliphatic carbocycles. The second-order valence-electron chi connectivity index (χ2n) is 2.74. The third-order valence-electron chi connectivity index (χ3n) is 1.46. The molecule has 6 heteroatoms. The molecule has 0 unspecified atom stereocenters. The van der Waals surface area contributed by atoms with E-state index in [0.717, 1.165) is 11.1 Å². The van der Waals surface area contributed by atoms with Crippen LogP contribution in [0.4, 0.5) is 0 Å². The lowest BCUT2D eigenvalue weighted by atomic mass is 10.2. The lowest BCUT2D eigenvalue weighted by Gasteiger charge is -1.95. The van der Waals surface area contributed by atoms with Gasteiger partial charge >= 0.3 is 10.3 Å². The fourth-order valence-electron chi connectivity index (χ4n) is 0.820. The molecule has 2 N–H and O–H groups in total. The number of aryl methyl sites for hydroxylation is 1. The summed E-state index contributed by atoms with van der Waals surface area (Å²) >= 11 is 0. The maximum Gasteiger partial charge on any atom is 0.372 e. The Morgan fingerprint density at radius 1 is 1.36 bits per heavy atom. The van der Waals surface area contributed by atoms with Gasteiger partial charge in [0.1, 0.15) is 0 Å². The van der Waals surface area contributed by atoms with Crippen LogP contribution in [-0.2, 0) is 10.3 Å². The lowest BCUT2D eigenvalue weighted by Crippen LogP contribution is -2.16. The fourth-order valence-corrected chi connectivity index (χ4v) is 1.01. The molecule has 0 aliphatic rings. The van der Waals surface area contributed by atoms with Crippen LogP contribution in [0.2, 0.25) is 0 Å². The van der Waals surface area contributed by atoms with E-state index in [9.17, 15) is 8.42 Å². The Morgan fingerprint density at radius 2 is 1.93 bits per heavy atom. The molecule has 0 amide bonds. The summed E-state index contributed by atoms with van der Waals surface area (Å²) in [7, 11) is -4.25. The van der Waals surface area contributed by atoms with E-state index in [2.05, 4.69) is 5.10 Å². The van der Waals surface area contributed by atoms with Gasteiger partial charge in [-0.25, -0.2) is 0 Å². The zero-order valence-electron chi connectivity index (χ0n) is 7.51. The van der Waals surface area contributed by atoms with Crippen LogP contribution in [0.15, 0.2) is 29.4 Å². The van der Waals surface area contributed by atoms with Crippen LogP contribution < -0.4 is 4.83 Å². The normalized spacial score (nSPS) is 11.9. The van der Waals surface area contributed by atoms with Crippen molar-refractivity contribution < 1.29 is 13.0 Å². The van der Waals surface area contributed by atoms with Gasteiger partial charge in [-0.05, 0) is 12.5 Å². The van der Waals surface area contributed by atoms with E-state index in [1.54, 1.807) is 17.0 Å². The average molecular weight is 214 g/mol. The molecule has 1 rings (SSSR count). The van der Waals surface area contributed by atoms with Gasteiger partial charge in [0.25, 0.3) is 0 Å². The van der Waals surface area contributed by atoms with Crippen LogP contribution in [-0.4, -0.2) is 19.2 Å². The monoisotopic (exact) mass is 214 g/mol. The minimum absolute atomic E-state index is 0.742. The maximum atomic E-state index is 10.2. The molecule has 0 fully saturated rings. The van der Waals surface area contributed by atoms with Crippen molar-refractivity contribution in [1.29, 1.82) is 0 Å². The Hall–Kier alpha value is -1.40. The van der Waals surface area contributed by atoms with Gasteiger partial charge < -0.3 is 0 Å². The average Bonchev–Trinajstić information content (AvgIpc) is 2.06. The highest BCUT2D eigenvalue weighted by molar-refractivity contribution is 7.83. The lowest BCUT2D eigenvalue weighted by molar-refractivity contribution is 0.470. The van der Waals surface area contributed by atoms with Gasteiger partial charge in [0.2, 0.25) is 0 Å². The Kier molecular flexibility index (Phi) is 3.21. The number of rotatable bonds is 3. The van der Waals surface area contributed by atoms with Crippen LogP contribution in [0.5, 0.6) is 0 Å². The summed E-state index contributed by atoms with van der Waals surface area (Å²) in [5.41, 5.74) is 1.84. The molecule has 1 aromatic carbocycles. The summed E-state index contributed by atoms with van der Waals surface area (Å²) in [6.45, 7) is 1.94. The number of nitrogens with one attached hydrogen (secondary N) is 1. The Bertz CT molecular complexity index is 422. The second-order valence-corrected chi connectivity index (χ2v) is 3.87. The second kappa shape index (κ2) is 4.21. The predicted octanol–water partition coefficient (Wildman–Crippen LogP) is 0.721. The number of hydrogen-bond donors (Lipinski definition) is 2. The number of benzene rings is 1. The molecule has 0 spiro atoms. The number of nitrogens with zero attached hydrogens (tertiary/aromatic N) is 1. The first-order chi connectivity index (χ1) is 6.47. The zero-order chi connectivity index (χ0) is 10.6. The van der Waals surface area contributed by atoms with Gasteiger partial charge in [-0.15, -0.1) is 0 Å². The minimum atomic E-state index is -4.25. The van der Waals surface area contributed by atoms with Crippen molar-refractivity contribution in [3.63, 3.8) is 0 Å². The van der Waals surface area contributed by atoms with E-state index in [-0.39, 0.29) is 0 Å². The molecular weight excluding hydrogens is 204 g/mol. The largest absolute Gasteiger partial charge is 0.372 e. The van der Waals surface area contributed by atoms with E-state index in [1.807, 2.05) is 19.1 Å². The molecule has 1 aromatic rings. The summed E-state index contributed by atoms with van der Waals surface area (Å²) in [5.74, 6) is 0. The SMILES string of the molecule is Cc1ccc(C=NNS(=O)(=O)O)cc1. The Morgan fingerprint density at radius 3 is 2.43 bits per heavy atom. The third kappa shape index (κ3) is 4.01. The number of hydrazone groups is 1.